The van der Waals surface area contributed by atoms with Gasteiger partial charge in [-0.2, -0.15) is 0 Å². The van der Waals surface area contributed by atoms with Crippen LogP contribution in [0.1, 0.15) is 0 Å². The van der Waals surface area contributed by atoms with Crippen molar-refractivity contribution in [2.45, 2.75) is 11.4 Å². The third-order valence-electron chi connectivity index (χ3n) is 4.71. The maximum absolute atomic E-state index is 13.0. The predicted octanol–water partition coefficient (Wildman–Crippen LogP) is 0.0347. The first-order valence-corrected chi connectivity index (χ1v) is 9.41. The lowest BCUT2D eigenvalue weighted by Gasteiger charge is -2.39. The fourth-order valence-electron chi connectivity index (χ4n) is 3.06. The molecule has 2 aromatic rings. The molecule has 0 saturated heterocycles. The summed E-state index contributed by atoms with van der Waals surface area (Å²) in [6.45, 7) is -0.782. The van der Waals surface area contributed by atoms with Crippen LogP contribution in [0.2, 0.25) is 0 Å². The summed E-state index contributed by atoms with van der Waals surface area (Å²) in [5.74, 6) is -2.31. The van der Waals surface area contributed by atoms with Gasteiger partial charge in [0.05, 0.1) is 0 Å². The zero-order valence-corrected chi connectivity index (χ0v) is 16.4. The van der Waals surface area contributed by atoms with E-state index in [1.807, 2.05) is 12.1 Å². The first kappa shape index (κ1) is 20.5. The Hall–Kier alpha value is -3.73. The number of benzene rings is 2. The van der Waals surface area contributed by atoms with Crippen LogP contribution in [0.15, 0.2) is 75.6 Å². The Balaban J connectivity index is 1.53. The third-order valence-corrected chi connectivity index (χ3v) is 4.71. The monoisotopic (exact) mass is 420 g/mol. The van der Waals surface area contributed by atoms with E-state index in [1.165, 1.54) is 6.34 Å². The van der Waals surface area contributed by atoms with Crippen LogP contribution in [0, 0.1) is 0 Å². The topological polar surface area (TPSA) is 154 Å². The third kappa shape index (κ3) is 4.12. The van der Waals surface area contributed by atoms with Crippen molar-refractivity contribution in [1.82, 2.24) is 5.32 Å². The summed E-state index contributed by atoms with van der Waals surface area (Å²) in [7, 11) is 0. The van der Waals surface area contributed by atoms with Gasteiger partial charge in [-0.1, -0.05) is 36.4 Å². The number of rotatable bonds is 8. The highest BCUT2D eigenvalue weighted by molar-refractivity contribution is 6.53. The number of ether oxygens (including phenoxy) is 2. The van der Waals surface area contributed by atoms with Crippen molar-refractivity contribution in [3.05, 3.63) is 60.7 Å². The number of amidine groups is 1. The van der Waals surface area contributed by atoms with Crippen LogP contribution in [0.5, 0.6) is 11.5 Å². The summed E-state index contributed by atoms with van der Waals surface area (Å²) in [6.07, 6.45) is 1.19. The SMILES string of the molecule is NC1(C(=O)COc2ccccc2)N=C2N=CN=C2C(N)(C(=O)COc2ccccc2)N1. The Morgan fingerprint density at radius 1 is 0.871 bits per heavy atom. The number of fused-ring (bicyclic) bond motifs is 1. The number of Topliss-reactive ketones (excluding diaryl/α,β-unsaturated/α-hetero) is 2. The lowest BCUT2D eigenvalue weighted by Crippen LogP contribution is -2.79. The largest absolute Gasteiger partial charge is 0.486 e. The average Bonchev–Trinajstić information content (AvgIpc) is 3.26. The second-order valence-corrected chi connectivity index (χ2v) is 6.91. The standard InChI is InChI=1S/C21H20N6O4/c22-20(16(28)11-30-14-7-3-1-4-8-14)18-19(25-13-24-18)26-21(23,27-20)17(29)12-31-15-9-5-2-6-10-15/h1-10,13,27H,11-12,22-23H2. The number of aliphatic imine (C=N–C) groups is 3. The highest BCUT2D eigenvalue weighted by Crippen LogP contribution is 2.21. The van der Waals surface area contributed by atoms with Gasteiger partial charge in [-0.25, -0.2) is 20.3 Å². The number of carbonyl (C=O) groups excluding carboxylic acids is 2. The van der Waals surface area contributed by atoms with E-state index in [9.17, 15) is 9.59 Å². The van der Waals surface area contributed by atoms with Gasteiger partial charge in [0.15, 0.2) is 24.7 Å². The molecule has 0 fully saturated rings. The maximum atomic E-state index is 13.0. The molecular weight excluding hydrogens is 400 g/mol. The van der Waals surface area contributed by atoms with E-state index < -0.39 is 29.6 Å². The minimum atomic E-state index is -2.04. The molecule has 2 unspecified atom stereocenters. The molecule has 0 amide bonds. The van der Waals surface area contributed by atoms with Crippen molar-refractivity contribution in [1.29, 1.82) is 0 Å². The van der Waals surface area contributed by atoms with Gasteiger partial charge < -0.3 is 15.2 Å². The van der Waals surface area contributed by atoms with Crippen LogP contribution < -0.4 is 26.3 Å². The summed E-state index contributed by atoms with van der Waals surface area (Å²) in [6, 6.07) is 17.5. The Labute approximate surface area is 177 Å². The number of para-hydroxylation sites is 2. The maximum Gasteiger partial charge on any atom is 0.230 e. The zero-order chi connectivity index (χ0) is 21.9. The highest BCUT2D eigenvalue weighted by Gasteiger charge is 2.54. The molecule has 4 rings (SSSR count). The van der Waals surface area contributed by atoms with Crippen molar-refractivity contribution < 1.29 is 19.1 Å². The molecule has 0 aliphatic carbocycles. The molecule has 0 aromatic heterocycles. The number of hydrogen-bond donors (Lipinski definition) is 3. The van der Waals surface area contributed by atoms with Gasteiger partial charge in [-0.3, -0.25) is 15.3 Å². The molecule has 2 aliphatic rings. The molecule has 2 heterocycles. The summed E-state index contributed by atoms with van der Waals surface area (Å²) >= 11 is 0. The molecule has 0 radical (unpaired) electrons. The van der Waals surface area contributed by atoms with Crippen molar-refractivity contribution in [3.63, 3.8) is 0 Å². The average molecular weight is 420 g/mol. The van der Waals surface area contributed by atoms with Crippen molar-refractivity contribution in [2.75, 3.05) is 13.2 Å². The molecule has 10 nitrogen and oxygen atoms in total. The second-order valence-electron chi connectivity index (χ2n) is 6.91. The van der Waals surface area contributed by atoms with E-state index in [0.717, 1.165) is 0 Å². The van der Waals surface area contributed by atoms with E-state index in [-0.39, 0.29) is 18.2 Å². The Bertz CT molecular complexity index is 1090. The molecule has 5 N–H and O–H groups in total. The van der Waals surface area contributed by atoms with E-state index in [0.29, 0.717) is 11.5 Å². The minimum absolute atomic E-state index is 0.00451. The normalized spacial score (nSPS) is 24.1. The number of carbonyl (C=O) groups is 2. The minimum Gasteiger partial charge on any atom is -0.486 e. The van der Waals surface area contributed by atoms with Gasteiger partial charge in [-0.05, 0) is 24.3 Å². The Morgan fingerprint density at radius 3 is 2.00 bits per heavy atom. The van der Waals surface area contributed by atoms with Crippen LogP contribution in [0.25, 0.3) is 0 Å². The number of nitrogens with two attached hydrogens (primary N) is 2. The lowest BCUT2D eigenvalue weighted by atomic mass is 9.94. The highest BCUT2D eigenvalue weighted by atomic mass is 16.5. The molecule has 10 heteroatoms. The molecule has 2 aromatic carbocycles. The first-order valence-electron chi connectivity index (χ1n) is 9.41. The molecule has 0 saturated carbocycles. The van der Waals surface area contributed by atoms with Gasteiger partial charge in [0.1, 0.15) is 23.5 Å². The van der Waals surface area contributed by atoms with E-state index in [4.69, 9.17) is 20.9 Å². The van der Waals surface area contributed by atoms with Crippen molar-refractivity contribution in [3.8, 4) is 11.5 Å². The van der Waals surface area contributed by atoms with Gasteiger partial charge in [0.2, 0.25) is 17.4 Å². The molecule has 0 spiro atoms. The smallest absolute Gasteiger partial charge is 0.230 e. The number of nitrogens with zero attached hydrogens (tertiary/aromatic N) is 3. The van der Waals surface area contributed by atoms with Crippen molar-refractivity contribution >= 4 is 29.5 Å². The first-order chi connectivity index (χ1) is 14.9. The molecule has 31 heavy (non-hydrogen) atoms. The molecule has 158 valence electrons. The van der Waals surface area contributed by atoms with Crippen molar-refractivity contribution in [2.24, 2.45) is 26.4 Å². The molecule has 0 bridgehead atoms. The second kappa shape index (κ2) is 8.19. The predicted molar refractivity (Wildman–Crippen MR) is 114 cm³/mol. The zero-order valence-electron chi connectivity index (χ0n) is 16.4. The van der Waals surface area contributed by atoms with Crippen LogP contribution >= 0.6 is 0 Å². The Kier molecular flexibility index (Phi) is 5.42. The summed E-state index contributed by atoms with van der Waals surface area (Å²) in [5.41, 5.74) is 10.7. The van der Waals surface area contributed by atoms with E-state index in [1.54, 1.807) is 48.5 Å². The van der Waals surface area contributed by atoms with Gasteiger partial charge in [0.25, 0.3) is 0 Å². The van der Waals surface area contributed by atoms with E-state index in [2.05, 4.69) is 20.3 Å². The van der Waals surface area contributed by atoms with Gasteiger partial charge >= 0.3 is 0 Å². The molecular formula is C21H20N6O4. The summed E-state index contributed by atoms with van der Waals surface area (Å²) in [4.78, 5) is 38.0. The quantitative estimate of drug-likeness (QED) is 0.544. The summed E-state index contributed by atoms with van der Waals surface area (Å²) in [5, 5.41) is 2.65. The number of nitrogens with one attached hydrogen (secondary N) is 1. The Morgan fingerprint density at radius 2 is 1.42 bits per heavy atom. The molecule has 2 aliphatic heterocycles. The fraction of sp³-hybridized carbons (Fsp3) is 0.190. The lowest BCUT2D eigenvalue weighted by molar-refractivity contribution is -0.130. The van der Waals surface area contributed by atoms with Crippen LogP contribution in [0.4, 0.5) is 0 Å². The van der Waals surface area contributed by atoms with Gasteiger partial charge in [-0.15, -0.1) is 0 Å². The van der Waals surface area contributed by atoms with Crippen LogP contribution in [0.3, 0.4) is 0 Å². The number of hydrogen-bond acceptors (Lipinski definition) is 10. The van der Waals surface area contributed by atoms with Gasteiger partial charge in [0, 0.05) is 0 Å². The van der Waals surface area contributed by atoms with E-state index >= 15 is 0 Å². The number of ketones is 2. The fourth-order valence-corrected chi connectivity index (χ4v) is 3.06. The molecule has 2 atom stereocenters. The summed E-state index contributed by atoms with van der Waals surface area (Å²) < 4.78 is 11.0. The van der Waals surface area contributed by atoms with Crippen LogP contribution in [-0.2, 0) is 9.59 Å². The van der Waals surface area contributed by atoms with Crippen LogP contribution in [-0.4, -0.2) is 54.1 Å².